The van der Waals surface area contributed by atoms with Gasteiger partial charge in [-0.1, -0.05) is 11.2 Å². The first-order chi connectivity index (χ1) is 16.3. The second-order valence-electron chi connectivity index (χ2n) is 10.6. The van der Waals surface area contributed by atoms with E-state index in [0.29, 0.717) is 23.8 Å². The van der Waals surface area contributed by atoms with Crippen molar-refractivity contribution in [2.45, 2.75) is 74.8 Å². The van der Waals surface area contributed by atoms with Crippen LogP contribution >= 0.6 is 0 Å². The molecule has 4 saturated carbocycles. The van der Waals surface area contributed by atoms with Crippen molar-refractivity contribution in [1.82, 2.24) is 10.2 Å². The van der Waals surface area contributed by atoms with Crippen molar-refractivity contribution in [3.05, 3.63) is 45.8 Å². The molecule has 6 rings (SSSR count). The maximum atomic E-state index is 14.2. The Morgan fingerprint density at radius 2 is 2.06 bits per heavy atom. The lowest BCUT2D eigenvalue weighted by Crippen LogP contribution is -2.66. The highest BCUT2D eigenvalue weighted by molar-refractivity contribution is 5.79. The number of hydrogen-bond acceptors (Lipinski definition) is 5. The van der Waals surface area contributed by atoms with Gasteiger partial charge in [-0.05, 0) is 68.4 Å². The van der Waals surface area contributed by atoms with E-state index < -0.39 is 17.7 Å². The molecule has 0 aromatic heterocycles. The van der Waals surface area contributed by atoms with Crippen LogP contribution in [0.15, 0.2) is 23.3 Å². The van der Waals surface area contributed by atoms with Crippen LogP contribution in [0.5, 0.6) is 0 Å². The van der Waals surface area contributed by atoms with Gasteiger partial charge >= 0.3 is 0 Å². The summed E-state index contributed by atoms with van der Waals surface area (Å²) in [6.45, 7) is 0.472. The van der Waals surface area contributed by atoms with E-state index in [-0.39, 0.29) is 42.8 Å². The molecule has 180 valence electrons. The van der Waals surface area contributed by atoms with Gasteiger partial charge in [0.2, 0.25) is 5.91 Å². The average Bonchev–Trinajstić information content (AvgIpc) is 3.19. The van der Waals surface area contributed by atoms with Crippen molar-refractivity contribution in [3.63, 3.8) is 0 Å². The van der Waals surface area contributed by atoms with E-state index in [1.165, 1.54) is 17.0 Å². The van der Waals surface area contributed by atoms with Crippen LogP contribution in [0.2, 0.25) is 0 Å². The summed E-state index contributed by atoms with van der Waals surface area (Å²) >= 11 is 0. The van der Waals surface area contributed by atoms with Gasteiger partial charge in [0.15, 0.2) is 0 Å². The zero-order chi connectivity index (χ0) is 23.9. The summed E-state index contributed by atoms with van der Waals surface area (Å²) in [5, 5.41) is 16.6. The molecule has 8 nitrogen and oxygen atoms in total. The summed E-state index contributed by atoms with van der Waals surface area (Å²) in [5.41, 5.74) is 8.43. The molecule has 5 aliphatic rings. The normalized spacial score (nSPS) is 35.7. The molecule has 10 heteroatoms. The minimum absolute atomic E-state index is 0.0962. The Balaban J connectivity index is 1.25. The summed E-state index contributed by atoms with van der Waals surface area (Å²) < 4.78 is 33.8. The number of halogens is 2. The molecule has 1 aromatic rings. The number of nitrogens with one attached hydrogen (secondary N) is 1. The van der Waals surface area contributed by atoms with Crippen molar-refractivity contribution in [2.75, 3.05) is 13.1 Å². The number of likely N-dealkylation sites (tertiary alicyclic amines) is 1. The first-order valence-electron chi connectivity index (χ1n) is 11.9. The fourth-order valence-corrected chi connectivity index (χ4v) is 7.16. The van der Waals surface area contributed by atoms with E-state index in [1.807, 2.05) is 0 Å². The van der Waals surface area contributed by atoms with Crippen LogP contribution in [0.3, 0.4) is 0 Å². The minimum atomic E-state index is -0.605. The molecule has 1 aliphatic heterocycles. The van der Waals surface area contributed by atoms with Crippen LogP contribution < -0.4 is 5.32 Å². The van der Waals surface area contributed by atoms with Gasteiger partial charge < -0.3 is 15.0 Å². The Labute approximate surface area is 196 Å². The van der Waals surface area contributed by atoms with E-state index in [4.69, 9.17) is 10.3 Å². The Kier molecular flexibility index (Phi) is 5.96. The first-order valence-corrected chi connectivity index (χ1v) is 11.9. The number of rotatable bonds is 7. The second kappa shape index (κ2) is 8.81. The van der Waals surface area contributed by atoms with E-state index >= 15 is 0 Å². The van der Waals surface area contributed by atoms with Crippen molar-refractivity contribution in [3.8, 4) is 6.07 Å². The Hall–Kier alpha value is -2.73. The van der Waals surface area contributed by atoms with Gasteiger partial charge in [0.25, 0.3) is 0 Å². The van der Waals surface area contributed by atoms with Gasteiger partial charge in [-0.25, -0.2) is 8.78 Å². The molecule has 1 amide bonds. The molecular formula is C24H28F2N6O2. The number of carbonyl (C=O) groups excluding carboxylic acids is 1. The zero-order valence-electron chi connectivity index (χ0n) is 18.9. The topological polar surface area (TPSA) is 114 Å². The number of hydrogen-bond donors (Lipinski definition) is 1. The van der Waals surface area contributed by atoms with Gasteiger partial charge in [0.05, 0.1) is 30.9 Å². The van der Waals surface area contributed by atoms with Crippen LogP contribution in [0.25, 0.3) is 10.4 Å². The molecule has 5 fully saturated rings. The number of amides is 1. The van der Waals surface area contributed by atoms with Crippen molar-refractivity contribution < 1.29 is 18.3 Å². The number of ether oxygens (including phenoxy) is 1. The molecule has 1 saturated heterocycles. The lowest BCUT2D eigenvalue weighted by molar-refractivity contribution is -0.182. The Morgan fingerprint density at radius 3 is 2.74 bits per heavy atom. The molecule has 1 aromatic carbocycles. The van der Waals surface area contributed by atoms with Gasteiger partial charge in [-0.2, -0.15) is 5.26 Å². The number of nitriles is 1. The van der Waals surface area contributed by atoms with E-state index in [0.717, 1.165) is 44.6 Å². The highest BCUT2D eigenvalue weighted by atomic mass is 19.1. The monoisotopic (exact) mass is 470 g/mol. The average molecular weight is 471 g/mol. The van der Waals surface area contributed by atoms with Gasteiger partial charge in [-0.3, -0.25) is 4.79 Å². The van der Waals surface area contributed by atoms with Crippen molar-refractivity contribution in [2.24, 2.45) is 17.0 Å². The van der Waals surface area contributed by atoms with Crippen LogP contribution in [0.4, 0.5) is 8.78 Å². The predicted octanol–water partition coefficient (Wildman–Crippen LogP) is 3.97. The quantitative estimate of drug-likeness (QED) is 0.369. The van der Waals surface area contributed by atoms with Gasteiger partial charge in [0, 0.05) is 28.6 Å². The maximum Gasteiger partial charge on any atom is 0.237 e. The molecule has 1 N–H and O–H groups in total. The van der Waals surface area contributed by atoms with Crippen LogP contribution in [0.1, 0.15) is 50.5 Å². The third kappa shape index (κ3) is 4.36. The van der Waals surface area contributed by atoms with Crippen LogP contribution in [0, 0.1) is 34.8 Å². The number of benzene rings is 1. The smallest absolute Gasteiger partial charge is 0.237 e. The number of nitrogens with zero attached hydrogens (tertiary/aromatic N) is 5. The highest BCUT2D eigenvalue weighted by Crippen LogP contribution is 2.59. The van der Waals surface area contributed by atoms with Crippen LogP contribution in [-0.2, 0) is 16.1 Å². The van der Waals surface area contributed by atoms with Gasteiger partial charge in [0.1, 0.15) is 17.7 Å². The summed E-state index contributed by atoms with van der Waals surface area (Å²) in [7, 11) is 0. The number of carbonyl (C=O) groups is 1. The highest BCUT2D eigenvalue weighted by Gasteiger charge is 2.58. The predicted molar refractivity (Wildman–Crippen MR) is 118 cm³/mol. The lowest BCUT2D eigenvalue weighted by atomic mass is 9.51. The van der Waals surface area contributed by atoms with Crippen molar-refractivity contribution >= 4 is 5.91 Å². The molecule has 1 heterocycles. The van der Waals surface area contributed by atoms with E-state index in [1.54, 1.807) is 0 Å². The van der Waals surface area contributed by atoms with E-state index in [9.17, 15) is 18.8 Å². The third-order valence-electron chi connectivity index (χ3n) is 8.13. The summed E-state index contributed by atoms with van der Waals surface area (Å²) in [6, 6.07) is 4.75. The second-order valence-corrected chi connectivity index (χ2v) is 10.6. The molecule has 0 spiro atoms. The number of azide groups is 1. The third-order valence-corrected chi connectivity index (χ3v) is 8.13. The molecule has 4 bridgehead atoms. The molecule has 4 aliphatic carbocycles. The largest absolute Gasteiger partial charge is 0.370 e. The molecule has 2 unspecified atom stereocenters. The minimum Gasteiger partial charge on any atom is -0.370 e. The van der Waals surface area contributed by atoms with Gasteiger partial charge in [-0.15, -0.1) is 0 Å². The Morgan fingerprint density at radius 1 is 1.29 bits per heavy atom. The summed E-state index contributed by atoms with van der Waals surface area (Å²) in [4.78, 5) is 17.3. The SMILES string of the molecule is N#C[C@@H]1C[C@H](N=[N+]=[N-])CN1C(=O)CNC12CC3CC(C1)CC(OCc1ccc(F)cc1F)(C3)C2. The van der Waals surface area contributed by atoms with E-state index in [2.05, 4.69) is 21.4 Å². The van der Waals surface area contributed by atoms with Crippen molar-refractivity contribution in [1.29, 1.82) is 5.26 Å². The summed E-state index contributed by atoms with van der Waals surface area (Å²) in [6.07, 6.45) is 6.01. The van der Waals surface area contributed by atoms with Crippen LogP contribution in [-0.4, -0.2) is 47.1 Å². The molecule has 0 radical (unpaired) electrons. The molecule has 34 heavy (non-hydrogen) atoms. The fraction of sp³-hybridized carbons (Fsp3) is 0.667. The molecular weight excluding hydrogens is 442 g/mol. The fourth-order valence-electron chi connectivity index (χ4n) is 7.16. The molecule has 4 atom stereocenters. The standard InChI is InChI=1S/C24H28F2N6O2/c25-18-2-1-17(21(26)4-18)13-34-24-8-15-3-16(9-24)7-23(6-15,14-24)29-11-22(33)32-12-19(30-31-28)5-20(32)10-27/h1-2,4,15-16,19-20,29H,3,5-9,11-14H2/t15?,16?,19-,20-,23?,24?/m0/s1. The summed E-state index contributed by atoms with van der Waals surface area (Å²) in [5.74, 6) is -0.405. The Bertz CT molecular complexity index is 1050. The first kappa shape index (κ1) is 23.0. The zero-order valence-corrected chi connectivity index (χ0v) is 18.9. The maximum absolute atomic E-state index is 14.2. The lowest BCUT2D eigenvalue weighted by Gasteiger charge is -2.62.